The van der Waals surface area contributed by atoms with E-state index in [1.807, 2.05) is 0 Å². The quantitative estimate of drug-likeness (QED) is 0.564. The van der Waals surface area contributed by atoms with Crippen molar-refractivity contribution >= 4 is 57.7 Å². The smallest absolute Gasteiger partial charge is 0.310 e. The summed E-state index contributed by atoms with van der Waals surface area (Å²) < 4.78 is 5.43. The van der Waals surface area contributed by atoms with E-state index in [2.05, 4.69) is 5.32 Å². The van der Waals surface area contributed by atoms with Gasteiger partial charge in [-0.3, -0.25) is 19.3 Å². The molecule has 128 valence electrons. The van der Waals surface area contributed by atoms with E-state index in [1.165, 1.54) is 16.7 Å². The third-order valence-electron chi connectivity index (χ3n) is 3.12. The Kier molecular flexibility index (Phi) is 7.01. The minimum absolute atomic E-state index is 0.0614. The number of thiocarbonyl (C=S) groups is 1. The van der Waals surface area contributed by atoms with E-state index < -0.39 is 11.9 Å². The predicted octanol–water partition coefficient (Wildman–Crippen LogP) is 1.40. The SMILES string of the molecule is O=C(COC(=O)Cc1ccc(Cl)cc1)NCCN1C(=O)CSC1=S. The molecule has 0 unspecified atom stereocenters. The number of nitrogens with one attached hydrogen (secondary N) is 1. The maximum absolute atomic E-state index is 11.7. The van der Waals surface area contributed by atoms with Crippen molar-refractivity contribution in [2.24, 2.45) is 0 Å². The lowest BCUT2D eigenvalue weighted by Crippen LogP contribution is -2.38. The number of carbonyl (C=O) groups is 3. The highest BCUT2D eigenvalue weighted by atomic mass is 35.5. The molecular weight excluding hydrogens is 372 g/mol. The molecule has 0 spiro atoms. The zero-order chi connectivity index (χ0) is 17.5. The van der Waals surface area contributed by atoms with Crippen LogP contribution < -0.4 is 5.32 Å². The summed E-state index contributed by atoms with van der Waals surface area (Å²) in [6.45, 7) is 0.203. The standard InChI is InChI=1S/C15H15ClN2O4S2/c16-11-3-1-10(2-4-11)7-14(21)22-8-12(19)17-5-6-18-13(20)9-24-15(18)23/h1-4H,5-9H2,(H,17,19). The first-order valence-electron chi connectivity index (χ1n) is 7.09. The summed E-state index contributed by atoms with van der Waals surface area (Å²) in [5, 5.41) is 3.17. The van der Waals surface area contributed by atoms with E-state index in [9.17, 15) is 14.4 Å². The summed E-state index contributed by atoms with van der Waals surface area (Å²) in [7, 11) is 0. The Morgan fingerprint density at radius 3 is 2.67 bits per heavy atom. The van der Waals surface area contributed by atoms with Crippen molar-refractivity contribution in [3.63, 3.8) is 0 Å². The van der Waals surface area contributed by atoms with Gasteiger partial charge in [0.1, 0.15) is 4.32 Å². The number of hydrogen-bond acceptors (Lipinski definition) is 6. The monoisotopic (exact) mass is 386 g/mol. The Bertz CT molecular complexity index is 635. The summed E-state index contributed by atoms with van der Waals surface area (Å²) in [5.74, 6) is -0.646. The van der Waals surface area contributed by atoms with Gasteiger partial charge in [-0.1, -0.05) is 47.7 Å². The molecule has 24 heavy (non-hydrogen) atoms. The van der Waals surface area contributed by atoms with Gasteiger partial charge < -0.3 is 10.1 Å². The summed E-state index contributed by atoms with van der Waals surface area (Å²) in [6, 6.07) is 6.80. The second-order valence-corrected chi connectivity index (χ2v) is 6.96. The molecule has 9 heteroatoms. The van der Waals surface area contributed by atoms with Crippen molar-refractivity contribution in [1.82, 2.24) is 10.2 Å². The van der Waals surface area contributed by atoms with Crippen LogP contribution in [0.1, 0.15) is 5.56 Å². The van der Waals surface area contributed by atoms with Gasteiger partial charge in [-0.15, -0.1) is 0 Å². The Labute approximate surface area is 153 Å². The number of halogens is 1. The van der Waals surface area contributed by atoms with Crippen LogP contribution in [0, 0.1) is 0 Å². The summed E-state index contributed by atoms with van der Waals surface area (Å²) in [6.07, 6.45) is 0.0677. The van der Waals surface area contributed by atoms with Crippen molar-refractivity contribution in [2.75, 3.05) is 25.4 Å². The fourth-order valence-corrected chi connectivity index (χ4v) is 3.17. The van der Waals surface area contributed by atoms with Gasteiger partial charge in [0.25, 0.3) is 5.91 Å². The number of carbonyl (C=O) groups excluding carboxylic acids is 3. The molecule has 0 aromatic heterocycles. The van der Waals surface area contributed by atoms with Crippen LogP contribution >= 0.6 is 35.6 Å². The second-order valence-electron chi connectivity index (χ2n) is 4.91. The van der Waals surface area contributed by atoms with Gasteiger partial charge >= 0.3 is 5.97 Å². The molecule has 0 aliphatic carbocycles. The van der Waals surface area contributed by atoms with Crippen LogP contribution in [-0.2, 0) is 25.5 Å². The lowest BCUT2D eigenvalue weighted by molar-refractivity contribution is -0.147. The number of hydrogen-bond donors (Lipinski definition) is 1. The lowest BCUT2D eigenvalue weighted by Gasteiger charge is -2.15. The number of amides is 2. The summed E-state index contributed by atoms with van der Waals surface area (Å²) in [4.78, 5) is 36.2. The Hall–Kier alpha value is -1.64. The molecule has 1 saturated heterocycles. The van der Waals surface area contributed by atoms with E-state index in [0.717, 1.165) is 5.56 Å². The molecule has 0 radical (unpaired) electrons. The van der Waals surface area contributed by atoms with Gasteiger partial charge in [-0.2, -0.15) is 0 Å². The minimum Gasteiger partial charge on any atom is -0.455 e. The van der Waals surface area contributed by atoms with E-state index in [1.54, 1.807) is 24.3 Å². The van der Waals surface area contributed by atoms with Crippen LogP contribution in [0.3, 0.4) is 0 Å². The van der Waals surface area contributed by atoms with Crippen molar-refractivity contribution < 1.29 is 19.1 Å². The highest BCUT2D eigenvalue weighted by Crippen LogP contribution is 2.18. The van der Waals surface area contributed by atoms with Crippen molar-refractivity contribution in [3.8, 4) is 0 Å². The zero-order valence-electron chi connectivity index (χ0n) is 12.6. The first-order valence-corrected chi connectivity index (χ1v) is 8.87. The molecule has 1 aliphatic heterocycles. The zero-order valence-corrected chi connectivity index (χ0v) is 15.0. The van der Waals surface area contributed by atoms with Crippen LogP contribution in [0.15, 0.2) is 24.3 Å². The number of esters is 1. The topological polar surface area (TPSA) is 75.7 Å². The molecule has 1 aliphatic rings. The van der Waals surface area contributed by atoms with Gasteiger partial charge in [0.15, 0.2) is 6.61 Å². The lowest BCUT2D eigenvalue weighted by atomic mass is 10.1. The highest BCUT2D eigenvalue weighted by molar-refractivity contribution is 8.23. The van der Waals surface area contributed by atoms with Gasteiger partial charge in [0.05, 0.1) is 12.2 Å². The van der Waals surface area contributed by atoms with Crippen LogP contribution in [0.5, 0.6) is 0 Å². The maximum Gasteiger partial charge on any atom is 0.310 e. The normalized spacial score (nSPS) is 14.0. The fraction of sp³-hybridized carbons (Fsp3) is 0.333. The predicted molar refractivity (Wildman–Crippen MR) is 95.9 cm³/mol. The molecule has 2 rings (SSSR count). The van der Waals surface area contributed by atoms with E-state index in [-0.39, 0.29) is 25.5 Å². The van der Waals surface area contributed by atoms with Crippen LogP contribution in [0.2, 0.25) is 5.02 Å². The minimum atomic E-state index is -0.500. The highest BCUT2D eigenvalue weighted by Gasteiger charge is 2.25. The van der Waals surface area contributed by atoms with E-state index in [0.29, 0.717) is 21.6 Å². The van der Waals surface area contributed by atoms with Crippen molar-refractivity contribution in [1.29, 1.82) is 0 Å². The molecule has 2 amide bonds. The van der Waals surface area contributed by atoms with Gasteiger partial charge in [0, 0.05) is 18.1 Å². The third kappa shape index (κ3) is 5.77. The molecule has 1 heterocycles. The fourth-order valence-electron chi connectivity index (χ4n) is 1.92. The van der Waals surface area contributed by atoms with Gasteiger partial charge in [-0.05, 0) is 17.7 Å². The van der Waals surface area contributed by atoms with Crippen molar-refractivity contribution in [2.45, 2.75) is 6.42 Å². The van der Waals surface area contributed by atoms with E-state index >= 15 is 0 Å². The van der Waals surface area contributed by atoms with Crippen LogP contribution in [0.25, 0.3) is 0 Å². The molecule has 1 fully saturated rings. The number of benzene rings is 1. The molecule has 0 atom stereocenters. The first-order chi connectivity index (χ1) is 11.5. The number of thioether (sulfide) groups is 1. The van der Waals surface area contributed by atoms with Crippen molar-refractivity contribution in [3.05, 3.63) is 34.9 Å². The molecule has 1 N–H and O–H groups in total. The Morgan fingerprint density at radius 2 is 2.04 bits per heavy atom. The molecule has 1 aromatic rings. The van der Waals surface area contributed by atoms with Gasteiger partial charge in [0.2, 0.25) is 5.91 Å². The Balaban J connectivity index is 1.63. The largest absolute Gasteiger partial charge is 0.455 e. The number of rotatable bonds is 7. The van der Waals surface area contributed by atoms with Gasteiger partial charge in [-0.25, -0.2) is 0 Å². The third-order valence-corrected chi connectivity index (χ3v) is 4.81. The van der Waals surface area contributed by atoms with Crippen LogP contribution in [-0.4, -0.2) is 52.5 Å². The average molecular weight is 387 g/mol. The molecule has 6 nitrogen and oxygen atoms in total. The van der Waals surface area contributed by atoms with Crippen LogP contribution in [0.4, 0.5) is 0 Å². The second kappa shape index (κ2) is 9.00. The summed E-state index contributed by atoms with van der Waals surface area (Å²) >= 11 is 12.1. The molecule has 0 bridgehead atoms. The number of nitrogens with zero attached hydrogens (tertiary/aromatic N) is 1. The number of ether oxygens (including phenoxy) is 1. The molecule has 0 saturated carbocycles. The average Bonchev–Trinajstić information content (AvgIpc) is 2.87. The molecule has 1 aromatic carbocycles. The first kappa shape index (κ1) is 18.7. The molecular formula is C15H15ClN2O4S2. The Morgan fingerprint density at radius 1 is 1.33 bits per heavy atom. The van der Waals surface area contributed by atoms with E-state index in [4.69, 9.17) is 28.6 Å². The maximum atomic E-state index is 11.7. The summed E-state index contributed by atoms with van der Waals surface area (Å²) in [5.41, 5.74) is 0.753.